The summed E-state index contributed by atoms with van der Waals surface area (Å²) >= 11 is 5.68. The zero-order valence-corrected chi connectivity index (χ0v) is 12.0. The van der Waals surface area contributed by atoms with Gasteiger partial charge in [-0.3, -0.25) is 4.55 Å². The maximum atomic E-state index is 11.1. The number of rotatable bonds is 3. The van der Waals surface area contributed by atoms with E-state index in [0.717, 1.165) is 6.07 Å². The van der Waals surface area contributed by atoms with Crippen molar-refractivity contribution in [2.24, 2.45) is 10.2 Å². The van der Waals surface area contributed by atoms with Gasteiger partial charge >= 0.3 is 0 Å². The van der Waals surface area contributed by atoms with Gasteiger partial charge in [0.1, 0.15) is 16.3 Å². The molecule has 110 valence electrons. The molecule has 9 heteroatoms. The van der Waals surface area contributed by atoms with Gasteiger partial charge in [-0.2, -0.15) is 13.5 Å². The van der Waals surface area contributed by atoms with E-state index < -0.39 is 15.0 Å². The van der Waals surface area contributed by atoms with Crippen molar-refractivity contribution in [2.75, 3.05) is 5.73 Å². The summed E-state index contributed by atoms with van der Waals surface area (Å²) in [6.07, 6.45) is 0. The fourth-order valence-electron chi connectivity index (χ4n) is 1.49. The third-order valence-electron chi connectivity index (χ3n) is 2.47. The summed E-state index contributed by atoms with van der Waals surface area (Å²) in [5.41, 5.74) is 6.15. The Bertz CT molecular complexity index is 821. The molecule has 0 unspecified atom stereocenters. The van der Waals surface area contributed by atoms with Crippen molar-refractivity contribution >= 4 is 38.8 Å². The van der Waals surface area contributed by atoms with Crippen molar-refractivity contribution in [1.29, 1.82) is 0 Å². The van der Waals surface area contributed by atoms with Gasteiger partial charge in [0.15, 0.2) is 0 Å². The van der Waals surface area contributed by atoms with Crippen LogP contribution in [0, 0.1) is 0 Å². The minimum Gasteiger partial charge on any atom is -0.506 e. The lowest BCUT2D eigenvalue weighted by Gasteiger charge is -2.02. The summed E-state index contributed by atoms with van der Waals surface area (Å²) in [7, 11) is -4.45. The molecule has 0 amide bonds. The first-order valence-corrected chi connectivity index (χ1v) is 7.36. The molecule has 0 fully saturated rings. The van der Waals surface area contributed by atoms with Crippen molar-refractivity contribution in [2.45, 2.75) is 4.90 Å². The topological polar surface area (TPSA) is 125 Å². The van der Waals surface area contributed by atoms with Crippen molar-refractivity contribution in [1.82, 2.24) is 0 Å². The Hall–Kier alpha value is -2.16. The molecule has 2 rings (SSSR count). The van der Waals surface area contributed by atoms with E-state index in [2.05, 4.69) is 10.2 Å². The van der Waals surface area contributed by atoms with E-state index in [-0.39, 0.29) is 22.1 Å². The molecule has 2 aromatic carbocycles. The summed E-state index contributed by atoms with van der Waals surface area (Å²) < 4.78 is 31.2. The summed E-state index contributed by atoms with van der Waals surface area (Å²) in [5.74, 6) is -0.164. The lowest BCUT2D eigenvalue weighted by molar-refractivity contribution is 0.476. The standard InChI is InChI=1S/C12H10ClN3O4S/c13-9-3-2-8(6-12(9)21(18,19)20)15-16-10-4-1-7(14)5-11(10)17/h1-6,17H,14H2,(H,18,19,20). The molecule has 21 heavy (non-hydrogen) atoms. The molecule has 0 aliphatic heterocycles. The van der Waals surface area contributed by atoms with E-state index in [1.54, 1.807) is 0 Å². The number of phenols is 1. The van der Waals surface area contributed by atoms with Crippen LogP contribution in [0.15, 0.2) is 51.5 Å². The Kier molecular flexibility index (Phi) is 4.12. The van der Waals surface area contributed by atoms with E-state index in [4.69, 9.17) is 21.9 Å². The predicted molar refractivity (Wildman–Crippen MR) is 78.0 cm³/mol. The highest BCUT2D eigenvalue weighted by molar-refractivity contribution is 7.86. The number of aromatic hydroxyl groups is 1. The summed E-state index contributed by atoms with van der Waals surface area (Å²) in [6, 6.07) is 8.03. The zero-order valence-electron chi connectivity index (χ0n) is 10.4. The first-order chi connectivity index (χ1) is 9.77. The molecule has 0 bridgehead atoms. The smallest absolute Gasteiger partial charge is 0.296 e. The number of nitrogen functional groups attached to an aromatic ring is 1. The van der Waals surface area contributed by atoms with E-state index >= 15 is 0 Å². The zero-order chi connectivity index (χ0) is 15.6. The molecule has 2 aromatic rings. The molecule has 0 spiro atoms. The molecular weight excluding hydrogens is 318 g/mol. The van der Waals surface area contributed by atoms with E-state index in [1.807, 2.05) is 0 Å². The van der Waals surface area contributed by atoms with Gasteiger partial charge in [0.2, 0.25) is 0 Å². The summed E-state index contributed by atoms with van der Waals surface area (Å²) in [4.78, 5) is -0.470. The highest BCUT2D eigenvalue weighted by atomic mass is 35.5. The van der Waals surface area contributed by atoms with E-state index in [9.17, 15) is 13.5 Å². The quantitative estimate of drug-likeness (QED) is 0.453. The Labute approximate surface area is 125 Å². The molecule has 0 atom stereocenters. The molecule has 0 aromatic heterocycles. The predicted octanol–water partition coefficient (Wildman–Crippen LogP) is 3.29. The molecule has 0 radical (unpaired) electrons. The van der Waals surface area contributed by atoms with Gasteiger partial charge in [-0.05, 0) is 30.3 Å². The molecule has 4 N–H and O–H groups in total. The molecule has 0 saturated heterocycles. The Morgan fingerprint density at radius 1 is 1.10 bits per heavy atom. The number of hydrogen-bond acceptors (Lipinski definition) is 6. The van der Waals surface area contributed by atoms with E-state index in [0.29, 0.717) is 5.69 Å². The number of halogens is 1. The molecular formula is C12H10ClN3O4S. The van der Waals surface area contributed by atoms with Gasteiger partial charge in [0.25, 0.3) is 10.1 Å². The van der Waals surface area contributed by atoms with Crippen LogP contribution in [0.25, 0.3) is 0 Å². The second-order valence-corrected chi connectivity index (χ2v) is 5.84. The van der Waals surface area contributed by atoms with Gasteiger partial charge in [-0.25, -0.2) is 0 Å². The average Bonchev–Trinajstić information content (AvgIpc) is 2.38. The van der Waals surface area contributed by atoms with Crippen molar-refractivity contribution in [3.63, 3.8) is 0 Å². The molecule has 7 nitrogen and oxygen atoms in total. The SMILES string of the molecule is Nc1ccc(N=Nc2ccc(Cl)c(S(=O)(=O)O)c2)c(O)c1. The number of azo groups is 1. The minimum atomic E-state index is -4.45. The largest absolute Gasteiger partial charge is 0.506 e. The first-order valence-electron chi connectivity index (χ1n) is 5.54. The molecule has 0 saturated carbocycles. The summed E-state index contributed by atoms with van der Waals surface area (Å²) in [6.45, 7) is 0. The van der Waals surface area contributed by atoms with Crippen LogP contribution in [0.3, 0.4) is 0 Å². The number of nitrogens with zero attached hydrogens (tertiary/aromatic N) is 2. The second-order valence-electron chi connectivity index (χ2n) is 4.04. The number of benzene rings is 2. The maximum Gasteiger partial charge on any atom is 0.296 e. The summed E-state index contributed by atoms with van der Waals surface area (Å²) in [5, 5.41) is 17.0. The number of anilines is 1. The Morgan fingerprint density at radius 2 is 1.81 bits per heavy atom. The number of nitrogens with two attached hydrogens (primary N) is 1. The highest BCUT2D eigenvalue weighted by Crippen LogP contribution is 2.31. The van der Waals surface area contributed by atoms with Crippen molar-refractivity contribution < 1.29 is 18.1 Å². The monoisotopic (exact) mass is 327 g/mol. The van der Waals surface area contributed by atoms with Crippen LogP contribution in [-0.4, -0.2) is 18.1 Å². The van der Waals surface area contributed by atoms with Crippen LogP contribution in [0.2, 0.25) is 5.02 Å². The van der Waals surface area contributed by atoms with Gasteiger partial charge in [0, 0.05) is 11.8 Å². The van der Waals surface area contributed by atoms with Crippen molar-refractivity contribution in [3.8, 4) is 5.75 Å². The number of phenolic OH excluding ortho intramolecular Hbond substituents is 1. The molecule has 0 aliphatic rings. The lowest BCUT2D eigenvalue weighted by Crippen LogP contribution is -1.98. The second kappa shape index (κ2) is 5.68. The third kappa shape index (κ3) is 3.69. The van der Waals surface area contributed by atoms with Gasteiger partial charge in [-0.1, -0.05) is 11.6 Å². The number of hydrogen-bond donors (Lipinski definition) is 3. The minimum absolute atomic E-state index is 0.133. The van der Waals surface area contributed by atoms with Crippen LogP contribution in [-0.2, 0) is 10.1 Å². The lowest BCUT2D eigenvalue weighted by atomic mass is 10.3. The van der Waals surface area contributed by atoms with E-state index in [1.165, 1.54) is 30.3 Å². The molecule has 0 aliphatic carbocycles. The van der Waals surface area contributed by atoms with Gasteiger partial charge in [0.05, 0.1) is 10.7 Å². The average molecular weight is 328 g/mol. The highest BCUT2D eigenvalue weighted by Gasteiger charge is 2.15. The Balaban J connectivity index is 2.38. The van der Waals surface area contributed by atoms with Crippen LogP contribution < -0.4 is 5.73 Å². The van der Waals surface area contributed by atoms with Crippen LogP contribution in [0.5, 0.6) is 5.75 Å². The fraction of sp³-hybridized carbons (Fsp3) is 0. The van der Waals surface area contributed by atoms with Gasteiger partial charge < -0.3 is 10.8 Å². The van der Waals surface area contributed by atoms with Gasteiger partial charge in [-0.15, -0.1) is 5.11 Å². The van der Waals surface area contributed by atoms with Crippen LogP contribution >= 0.6 is 11.6 Å². The normalized spacial score (nSPS) is 11.9. The fourth-order valence-corrected chi connectivity index (χ4v) is 2.48. The van der Waals surface area contributed by atoms with Crippen LogP contribution in [0.4, 0.5) is 17.1 Å². The van der Waals surface area contributed by atoms with Crippen LogP contribution in [0.1, 0.15) is 0 Å². The first kappa shape index (κ1) is 15.2. The Morgan fingerprint density at radius 3 is 2.43 bits per heavy atom. The van der Waals surface area contributed by atoms with Crippen molar-refractivity contribution in [3.05, 3.63) is 41.4 Å². The molecule has 0 heterocycles. The maximum absolute atomic E-state index is 11.1. The third-order valence-corrected chi connectivity index (χ3v) is 3.80.